The Bertz CT molecular complexity index is 837. The van der Waals surface area contributed by atoms with Crippen molar-refractivity contribution in [3.63, 3.8) is 0 Å². The first-order valence-corrected chi connectivity index (χ1v) is 14.1. The van der Waals surface area contributed by atoms with E-state index in [-0.39, 0.29) is 12.5 Å². The Labute approximate surface area is 208 Å². The fourth-order valence-corrected chi connectivity index (χ4v) is 3.94. The highest BCUT2D eigenvalue weighted by atomic mass is 32.2. The highest BCUT2D eigenvalue weighted by molar-refractivity contribution is 7.88. The lowest BCUT2D eigenvalue weighted by Crippen LogP contribution is -2.28. The van der Waals surface area contributed by atoms with Crippen LogP contribution in [0, 0.1) is 0 Å². The van der Waals surface area contributed by atoms with Gasteiger partial charge in [-0.05, 0) is 49.8 Å². The van der Waals surface area contributed by atoms with Crippen molar-refractivity contribution in [1.29, 1.82) is 0 Å². The van der Waals surface area contributed by atoms with Gasteiger partial charge >= 0.3 is 15.6 Å². The van der Waals surface area contributed by atoms with E-state index in [1.807, 2.05) is 0 Å². The fraction of sp³-hybridized carbons (Fsp3) is 0.654. The van der Waals surface area contributed by atoms with E-state index in [0.717, 1.165) is 44.2 Å². The van der Waals surface area contributed by atoms with Crippen LogP contribution < -0.4 is 9.50 Å². The average Bonchev–Trinajstić information content (AvgIpc) is 2.80. The molecule has 0 aliphatic rings. The molecule has 1 N–H and O–H groups in total. The van der Waals surface area contributed by atoms with Crippen molar-refractivity contribution in [2.45, 2.75) is 109 Å². The third-order valence-corrected chi connectivity index (χ3v) is 6.55. The summed E-state index contributed by atoms with van der Waals surface area (Å²) in [6, 6.07) is 5.05. The Morgan fingerprint density at radius 3 is 1.91 bits per heavy atom. The molecule has 0 heterocycles. The molecule has 200 valence electrons. The summed E-state index contributed by atoms with van der Waals surface area (Å²) in [4.78, 5) is 12.0. The van der Waals surface area contributed by atoms with Gasteiger partial charge in [-0.25, -0.2) is 0 Å². The second-order valence-corrected chi connectivity index (χ2v) is 10.3. The molecule has 9 heteroatoms. The normalized spacial score (nSPS) is 12.2. The van der Waals surface area contributed by atoms with E-state index in [1.54, 1.807) is 0 Å². The number of benzene rings is 1. The predicted molar refractivity (Wildman–Crippen MR) is 133 cm³/mol. The first-order valence-electron chi connectivity index (χ1n) is 12.7. The number of hydrogen-bond donors (Lipinski definition) is 1. The lowest BCUT2D eigenvalue weighted by molar-refractivity contribution is -0.121. The number of allylic oxidation sites excluding steroid dienone is 2. The molecular formula is C26H40F3NO4S. The Morgan fingerprint density at radius 2 is 1.37 bits per heavy atom. The number of carbonyl (C=O) groups is 1. The van der Waals surface area contributed by atoms with Crippen LogP contribution in [0.15, 0.2) is 36.4 Å². The second-order valence-electron chi connectivity index (χ2n) is 8.74. The number of nitrogens with one attached hydrogen (secondary N) is 1. The molecule has 0 fully saturated rings. The summed E-state index contributed by atoms with van der Waals surface area (Å²) in [7, 11) is -5.69. The summed E-state index contributed by atoms with van der Waals surface area (Å²) in [5.41, 5.74) is -4.86. The molecule has 0 bridgehead atoms. The van der Waals surface area contributed by atoms with E-state index < -0.39 is 21.4 Å². The molecule has 1 rings (SSSR count). The monoisotopic (exact) mass is 519 g/mol. The van der Waals surface area contributed by atoms with E-state index in [4.69, 9.17) is 0 Å². The van der Waals surface area contributed by atoms with E-state index in [9.17, 15) is 26.4 Å². The number of carbonyl (C=O) groups excluding carboxylic acids is 1. The van der Waals surface area contributed by atoms with Crippen molar-refractivity contribution in [2.75, 3.05) is 0 Å². The van der Waals surface area contributed by atoms with Crippen molar-refractivity contribution >= 4 is 16.0 Å². The predicted octanol–water partition coefficient (Wildman–Crippen LogP) is 7.57. The summed E-state index contributed by atoms with van der Waals surface area (Å²) in [5.74, 6) is -0.534. The van der Waals surface area contributed by atoms with Gasteiger partial charge in [-0.3, -0.25) is 4.79 Å². The third-order valence-electron chi connectivity index (χ3n) is 5.57. The zero-order chi connectivity index (χ0) is 26.0. The SMILES string of the molecule is CCCCCCCC/C=C\CCCCCCCC(=O)NCc1ccc(OS(=O)(=O)C(F)(F)F)cc1. The Hall–Kier alpha value is -2.03. The van der Waals surface area contributed by atoms with Gasteiger partial charge in [0, 0.05) is 13.0 Å². The van der Waals surface area contributed by atoms with Crippen LogP contribution in [-0.4, -0.2) is 19.8 Å². The van der Waals surface area contributed by atoms with Crippen LogP contribution in [0.1, 0.15) is 102 Å². The molecular weight excluding hydrogens is 479 g/mol. The van der Waals surface area contributed by atoms with Gasteiger partial charge in [0.25, 0.3) is 0 Å². The molecule has 35 heavy (non-hydrogen) atoms. The first-order chi connectivity index (χ1) is 16.7. The molecule has 0 aliphatic heterocycles. The van der Waals surface area contributed by atoms with E-state index in [2.05, 4.69) is 28.6 Å². The molecule has 1 aromatic rings. The molecule has 1 amide bonds. The summed E-state index contributed by atoms with van der Waals surface area (Å²) in [6.45, 7) is 2.44. The zero-order valence-corrected chi connectivity index (χ0v) is 21.6. The zero-order valence-electron chi connectivity index (χ0n) is 20.7. The molecule has 0 aliphatic carbocycles. The topological polar surface area (TPSA) is 72.5 Å². The summed E-state index contributed by atoms with van der Waals surface area (Å²) in [5, 5.41) is 2.75. The van der Waals surface area contributed by atoms with E-state index in [0.29, 0.717) is 12.0 Å². The number of alkyl halides is 3. The maximum atomic E-state index is 12.3. The lowest BCUT2D eigenvalue weighted by Gasteiger charge is -2.10. The first kappa shape index (κ1) is 31.0. The molecule has 0 spiro atoms. The van der Waals surface area contributed by atoms with Crippen LogP contribution in [0.25, 0.3) is 0 Å². The summed E-state index contributed by atoms with van der Waals surface area (Å²) < 4.78 is 63.0. The van der Waals surface area contributed by atoms with Crippen LogP contribution in [-0.2, 0) is 21.5 Å². The molecule has 1 aromatic carbocycles. The molecule has 5 nitrogen and oxygen atoms in total. The highest BCUT2D eigenvalue weighted by Gasteiger charge is 2.48. The lowest BCUT2D eigenvalue weighted by atomic mass is 10.1. The Balaban J connectivity index is 2.05. The molecule has 0 radical (unpaired) electrons. The Kier molecular flexibility index (Phi) is 15.4. The number of rotatable bonds is 19. The molecule has 0 saturated heterocycles. The molecule has 0 saturated carbocycles. The minimum absolute atomic E-state index is 0.0948. The minimum Gasteiger partial charge on any atom is -0.376 e. The van der Waals surface area contributed by atoms with Gasteiger partial charge in [-0.15, -0.1) is 0 Å². The van der Waals surface area contributed by atoms with Gasteiger partial charge in [0.05, 0.1) is 0 Å². The smallest absolute Gasteiger partial charge is 0.376 e. The van der Waals surface area contributed by atoms with Crippen LogP contribution >= 0.6 is 0 Å². The van der Waals surface area contributed by atoms with Crippen LogP contribution in [0.4, 0.5) is 13.2 Å². The number of unbranched alkanes of at least 4 members (excludes halogenated alkanes) is 11. The second kappa shape index (κ2) is 17.4. The van der Waals surface area contributed by atoms with Gasteiger partial charge in [0.15, 0.2) is 0 Å². The van der Waals surface area contributed by atoms with Crippen LogP contribution in [0.3, 0.4) is 0 Å². The van der Waals surface area contributed by atoms with E-state index in [1.165, 1.54) is 63.5 Å². The molecule has 0 atom stereocenters. The van der Waals surface area contributed by atoms with Gasteiger partial charge in [-0.2, -0.15) is 21.6 Å². The third kappa shape index (κ3) is 14.9. The maximum absolute atomic E-state index is 12.3. The van der Waals surface area contributed by atoms with Gasteiger partial charge in [-0.1, -0.05) is 82.6 Å². The van der Waals surface area contributed by atoms with Gasteiger partial charge < -0.3 is 9.50 Å². The Morgan fingerprint density at radius 1 is 0.857 bits per heavy atom. The largest absolute Gasteiger partial charge is 0.534 e. The van der Waals surface area contributed by atoms with Crippen molar-refractivity contribution in [3.8, 4) is 5.75 Å². The molecule has 0 aromatic heterocycles. The standard InChI is InChI=1S/C26H40F3NO4S/c1-2-3-4-5-6-7-8-9-10-11-12-13-14-15-16-17-25(31)30-22-23-18-20-24(21-19-23)34-35(32,33)26(27,28)29/h9-10,18-21H,2-8,11-17,22H2,1H3,(H,30,31)/b10-9-. The van der Waals surface area contributed by atoms with Crippen LogP contribution in [0.5, 0.6) is 5.75 Å². The number of amides is 1. The minimum atomic E-state index is -5.69. The number of hydrogen-bond acceptors (Lipinski definition) is 4. The average molecular weight is 520 g/mol. The van der Waals surface area contributed by atoms with Crippen LogP contribution in [0.2, 0.25) is 0 Å². The van der Waals surface area contributed by atoms with Crippen molar-refractivity contribution in [1.82, 2.24) is 5.32 Å². The van der Waals surface area contributed by atoms with E-state index >= 15 is 0 Å². The van der Waals surface area contributed by atoms with Crippen molar-refractivity contribution < 1.29 is 30.6 Å². The summed E-state index contributed by atoms with van der Waals surface area (Å²) >= 11 is 0. The van der Waals surface area contributed by atoms with Gasteiger partial charge in [0.1, 0.15) is 5.75 Å². The number of halogens is 3. The van der Waals surface area contributed by atoms with Crippen molar-refractivity contribution in [2.24, 2.45) is 0 Å². The fourth-order valence-electron chi connectivity index (χ4n) is 3.48. The summed E-state index contributed by atoms with van der Waals surface area (Å²) in [6.07, 6.45) is 20.5. The maximum Gasteiger partial charge on any atom is 0.534 e. The van der Waals surface area contributed by atoms with Crippen molar-refractivity contribution in [3.05, 3.63) is 42.0 Å². The quantitative estimate of drug-likeness (QED) is 0.0885. The van der Waals surface area contributed by atoms with Gasteiger partial charge in [0.2, 0.25) is 5.91 Å². The molecule has 0 unspecified atom stereocenters. The highest BCUT2D eigenvalue weighted by Crippen LogP contribution is 2.27.